The Morgan fingerprint density at radius 2 is 1.19 bits per heavy atom. The Kier molecular flexibility index (Phi) is 8.91. The first-order chi connectivity index (χ1) is 32.9. The summed E-state index contributed by atoms with van der Waals surface area (Å²) in [5.74, 6) is 0. The summed E-state index contributed by atoms with van der Waals surface area (Å²) in [5, 5.41) is 2.69. The first kappa shape index (κ1) is 43.0. The van der Waals surface area contributed by atoms with Crippen molar-refractivity contribution in [3.8, 4) is 16.8 Å². The largest absolute Gasteiger partial charge is 0.334 e. The van der Waals surface area contributed by atoms with Crippen LogP contribution >= 0.6 is 11.3 Å². The predicted molar refractivity (Wildman–Crippen MR) is 300 cm³/mol. The number of nitrogens with zero attached hydrogens (tertiary/aromatic N) is 3. The minimum Gasteiger partial charge on any atom is -0.334 e. The fourth-order valence-electron chi connectivity index (χ4n) is 13.4. The van der Waals surface area contributed by atoms with E-state index in [0.29, 0.717) is 0 Å². The van der Waals surface area contributed by atoms with Crippen molar-refractivity contribution in [2.75, 3.05) is 9.80 Å². The van der Waals surface area contributed by atoms with Gasteiger partial charge in [-0.05, 0) is 129 Å². The van der Waals surface area contributed by atoms with Gasteiger partial charge in [-0.25, -0.2) is 0 Å². The van der Waals surface area contributed by atoms with Gasteiger partial charge in [0, 0.05) is 54.9 Å². The molecule has 9 aromatic rings. The number of benzene rings is 7. The molecule has 7 aromatic carbocycles. The van der Waals surface area contributed by atoms with Gasteiger partial charge < -0.3 is 14.4 Å². The minimum absolute atomic E-state index is 0.0191. The van der Waals surface area contributed by atoms with Crippen LogP contribution in [0.25, 0.3) is 48.0 Å². The Morgan fingerprint density at radius 1 is 0.522 bits per heavy atom. The van der Waals surface area contributed by atoms with Crippen LogP contribution in [-0.4, -0.2) is 16.8 Å². The molecule has 4 aliphatic rings. The molecule has 13 rings (SSSR count). The van der Waals surface area contributed by atoms with Crippen molar-refractivity contribution in [2.24, 2.45) is 0 Å². The van der Waals surface area contributed by atoms with Crippen molar-refractivity contribution in [3.05, 3.63) is 162 Å². The van der Waals surface area contributed by atoms with Gasteiger partial charge in [0.2, 0.25) is 0 Å². The van der Waals surface area contributed by atoms with Crippen LogP contribution in [0.4, 0.5) is 28.4 Å². The number of hydrogen-bond donors (Lipinski definition) is 0. The molecule has 3 nitrogen and oxygen atoms in total. The molecule has 0 bridgehead atoms. The van der Waals surface area contributed by atoms with Crippen molar-refractivity contribution in [2.45, 2.75) is 129 Å². The minimum atomic E-state index is -0.114. The summed E-state index contributed by atoms with van der Waals surface area (Å²) in [6.45, 7) is 26.5. The molecule has 0 amide bonds. The Hall–Kier alpha value is -6.04. The lowest BCUT2D eigenvalue weighted by molar-refractivity contribution is 0.195. The second-order valence-electron chi connectivity index (χ2n) is 24.5. The maximum Gasteiger partial charge on any atom is 0.252 e. The van der Waals surface area contributed by atoms with Crippen LogP contribution in [0, 0.1) is 0 Å². The van der Waals surface area contributed by atoms with E-state index in [4.69, 9.17) is 0 Å². The lowest BCUT2D eigenvalue weighted by Gasteiger charge is -2.50. The smallest absolute Gasteiger partial charge is 0.252 e. The molecule has 0 radical (unpaired) electrons. The number of para-hydroxylation sites is 1. The molecule has 0 spiro atoms. The van der Waals surface area contributed by atoms with Crippen LogP contribution in [0.1, 0.15) is 124 Å². The number of thiophene rings is 1. The molecule has 3 aliphatic heterocycles. The molecular weight excluding hydrogens is 854 g/mol. The summed E-state index contributed by atoms with van der Waals surface area (Å²) in [5.41, 5.74) is 22.6. The monoisotopic (exact) mass is 917 g/mol. The van der Waals surface area contributed by atoms with Crippen LogP contribution < -0.4 is 26.2 Å². The van der Waals surface area contributed by atoms with Crippen LogP contribution in [0.15, 0.2) is 140 Å². The van der Waals surface area contributed by atoms with Gasteiger partial charge in [-0.2, -0.15) is 0 Å². The summed E-state index contributed by atoms with van der Waals surface area (Å²) in [6.07, 6.45) is 4.86. The molecule has 1 aliphatic carbocycles. The van der Waals surface area contributed by atoms with E-state index in [1.807, 2.05) is 11.3 Å². The van der Waals surface area contributed by atoms with Crippen LogP contribution in [0.2, 0.25) is 0 Å². The molecular formula is C64H64BN3S. The SMILES string of the molecule is CC(C)(C)c1ccc(N2c3cc(N4c5ccc(C(C)(C)C)cc5C5(C)CCCCC45C)ccc3B3c4c2cc(C(C)(C)C)cc4-n2c4c3cccc4c3sc4ccccc4c32)c(-c2ccccc2)c1. The average Bonchev–Trinajstić information content (AvgIpc) is 3.92. The lowest BCUT2D eigenvalue weighted by atomic mass is 9.33. The van der Waals surface area contributed by atoms with E-state index in [9.17, 15) is 0 Å². The second kappa shape index (κ2) is 14.3. The van der Waals surface area contributed by atoms with E-state index >= 15 is 0 Å². The molecule has 5 heterocycles. The normalized spacial score (nSPS) is 19.6. The highest BCUT2D eigenvalue weighted by atomic mass is 32.1. The maximum absolute atomic E-state index is 2.80. The van der Waals surface area contributed by atoms with Gasteiger partial charge in [-0.1, -0.05) is 173 Å². The van der Waals surface area contributed by atoms with Gasteiger partial charge in [-0.15, -0.1) is 11.3 Å². The Labute approximate surface area is 413 Å². The maximum atomic E-state index is 2.80. The van der Waals surface area contributed by atoms with E-state index in [2.05, 4.69) is 230 Å². The third-order valence-electron chi connectivity index (χ3n) is 17.4. The van der Waals surface area contributed by atoms with E-state index in [1.165, 1.54) is 134 Å². The summed E-state index contributed by atoms with van der Waals surface area (Å²) in [6, 6.07) is 55.0. The standard InChI is InChI=1S/C64H64BN3S/c1-60(2,3)40-26-30-50(46(34-40)39-20-13-12-14-21-39)66-52-38-43(68-51-31-27-41(61(4,5)6)35-47(51)63(10)32-17-18-33-64(63,68)11)28-29-48(52)65-49-24-19-23-45-57(49)67(58-44-22-15-16-25-55(44)69-59(45)58)54-37-42(62(7,8)9)36-53(66)56(54)65/h12-16,19-31,34-38H,17-18,32-33H2,1-11H3. The fourth-order valence-corrected chi connectivity index (χ4v) is 14.6. The van der Waals surface area contributed by atoms with Crippen LogP contribution in [0.3, 0.4) is 0 Å². The predicted octanol–water partition coefficient (Wildman–Crippen LogP) is 15.9. The molecule has 69 heavy (non-hydrogen) atoms. The van der Waals surface area contributed by atoms with Gasteiger partial charge in [-0.3, -0.25) is 0 Å². The van der Waals surface area contributed by atoms with Gasteiger partial charge in [0.1, 0.15) is 0 Å². The van der Waals surface area contributed by atoms with Gasteiger partial charge in [0.05, 0.1) is 27.0 Å². The van der Waals surface area contributed by atoms with E-state index < -0.39 is 0 Å². The van der Waals surface area contributed by atoms with Crippen molar-refractivity contribution in [1.82, 2.24) is 4.57 Å². The lowest BCUT2D eigenvalue weighted by Crippen LogP contribution is -2.60. The Balaban J connectivity index is 1.16. The molecule has 2 unspecified atom stereocenters. The Bertz CT molecular complexity index is 3630. The molecule has 2 aromatic heterocycles. The number of aromatic nitrogens is 1. The van der Waals surface area contributed by atoms with Crippen molar-refractivity contribution in [3.63, 3.8) is 0 Å². The molecule has 1 fully saturated rings. The molecule has 2 atom stereocenters. The summed E-state index contributed by atoms with van der Waals surface area (Å²) >= 11 is 1.95. The quantitative estimate of drug-likeness (QED) is 0.164. The zero-order valence-corrected chi connectivity index (χ0v) is 43.3. The number of hydrogen-bond acceptors (Lipinski definition) is 3. The summed E-state index contributed by atoms with van der Waals surface area (Å²) in [7, 11) is 0. The van der Waals surface area contributed by atoms with E-state index in [0.717, 1.165) is 6.42 Å². The highest BCUT2D eigenvalue weighted by Gasteiger charge is 2.58. The third-order valence-corrected chi connectivity index (χ3v) is 18.6. The highest BCUT2D eigenvalue weighted by molar-refractivity contribution is 7.26. The fraction of sp³-hybridized carbons (Fsp3) is 0.312. The molecule has 0 saturated heterocycles. The molecule has 5 heteroatoms. The number of rotatable bonds is 3. The average molecular weight is 918 g/mol. The molecule has 1 saturated carbocycles. The highest BCUT2D eigenvalue weighted by Crippen LogP contribution is 2.62. The van der Waals surface area contributed by atoms with Crippen LogP contribution in [0.5, 0.6) is 0 Å². The molecule has 0 N–H and O–H groups in total. The first-order valence-corrected chi connectivity index (χ1v) is 26.4. The van der Waals surface area contributed by atoms with E-state index in [-0.39, 0.29) is 33.9 Å². The van der Waals surface area contributed by atoms with Gasteiger partial charge in [0.25, 0.3) is 6.71 Å². The summed E-state index contributed by atoms with van der Waals surface area (Å²) < 4.78 is 5.40. The van der Waals surface area contributed by atoms with Crippen molar-refractivity contribution >= 4 is 94.1 Å². The molecule has 344 valence electrons. The Morgan fingerprint density at radius 3 is 1.94 bits per heavy atom. The first-order valence-electron chi connectivity index (χ1n) is 25.6. The topological polar surface area (TPSA) is 11.4 Å². The zero-order chi connectivity index (χ0) is 47.7. The zero-order valence-electron chi connectivity index (χ0n) is 42.4. The van der Waals surface area contributed by atoms with Crippen molar-refractivity contribution in [1.29, 1.82) is 0 Å². The second-order valence-corrected chi connectivity index (χ2v) is 25.6. The number of anilines is 5. The van der Waals surface area contributed by atoms with Gasteiger partial charge in [0.15, 0.2) is 0 Å². The summed E-state index contributed by atoms with van der Waals surface area (Å²) in [4.78, 5) is 5.50. The number of fused-ring (bicyclic) bond motifs is 12. The van der Waals surface area contributed by atoms with Crippen molar-refractivity contribution < 1.29 is 0 Å². The van der Waals surface area contributed by atoms with E-state index in [1.54, 1.807) is 0 Å². The van der Waals surface area contributed by atoms with Gasteiger partial charge >= 0.3 is 0 Å². The van der Waals surface area contributed by atoms with Crippen LogP contribution in [-0.2, 0) is 21.7 Å². The third kappa shape index (κ3) is 5.92.